The minimum Gasteiger partial charge on any atom is -0.365 e. The minimum atomic E-state index is -2.86. The molecule has 0 radical (unpaired) electrons. The molecule has 2 aromatic rings. The summed E-state index contributed by atoms with van der Waals surface area (Å²) in [5.74, 6) is -0.393. The van der Waals surface area contributed by atoms with Gasteiger partial charge in [-0.2, -0.15) is 0 Å². The van der Waals surface area contributed by atoms with Crippen LogP contribution < -0.4 is 15.9 Å². The van der Waals surface area contributed by atoms with Gasteiger partial charge in [-0.1, -0.05) is 24.8 Å². The first-order chi connectivity index (χ1) is 13.3. The summed E-state index contributed by atoms with van der Waals surface area (Å²) in [5, 5.41) is 4.50. The summed E-state index contributed by atoms with van der Waals surface area (Å²) >= 11 is 3.57. The number of nitrogens with zero attached hydrogens (tertiary/aromatic N) is 3. The van der Waals surface area contributed by atoms with E-state index in [0.717, 1.165) is 34.3 Å². The zero-order chi connectivity index (χ0) is 20.1. The monoisotopic (exact) mass is 450 g/mol. The molecular formula is C20H18BrF3N4. The Morgan fingerprint density at radius 3 is 2.75 bits per heavy atom. The predicted octanol–water partition coefficient (Wildman–Crippen LogP) is 3.79. The maximum atomic E-state index is 14.3. The average molecular weight is 451 g/mol. The summed E-state index contributed by atoms with van der Waals surface area (Å²) < 4.78 is 40.9. The molecule has 1 fully saturated rings. The van der Waals surface area contributed by atoms with Crippen LogP contribution in [-0.2, 0) is 6.54 Å². The second kappa shape index (κ2) is 6.92. The van der Waals surface area contributed by atoms with Crippen LogP contribution in [0.25, 0.3) is 10.7 Å². The molecule has 1 saturated carbocycles. The number of nitrogens with one attached hydrogen (secondary N) is 1. The third-order valence-electron chi connectivity index (χ3n) is 5.24. The van der Waals surface area contributed by atoms with Crippen LogP contribution >= 0.6 is 15.9 Å². The van der Waals surface area contributed by atoms with Gasteiger partial charge < -0.3 is 10.2 Å². The summed E-state index contributed by atoms with van der Waals surface area (Å²) in [6.45, 7) is 6.33. The Balaban J connectivity index is 1.71. The Kier molecular flexibility index (Phi) is 4.69. The van der Waals surface area contributed by atoms with Gasteiger partial charge in [0, 0.05) is 23.8 Å². The van der Waals surface area contributed by atoms with Crippen molar-refractivity contribution in [2.75, 3.05) is 5.32 Å². The lowest BCUT2D eigenvalue weighted by Gasteiger charge is -2.31. The Morgan fingerprint density at radius 2 is 2.07 bits per heavy atom. The van der Waals surface area contributed by atoms with Crippen molar-refractivity contribution in [3.63, 3.8) is 0 Å². The fraction of sp³-hybridized carbons (Fsp3) is 0.300. The van der Waals surface area contributed by atoms with Gasteiger partial charge in [0.2, 0.25) is 0 Å². The average Bonchev–Trinajstić information content (AvgIpc) is 3.42. The van der Waals surface area contributed by atoms with E-state index in [1.807, 2.05) is 6.20 Å². The summed E-state index contributed by atoms with van der Waals surface area (Å²) in [6.07, 6.45) is 2.61. The lowest BCUT2D eigenvalue weighted by molar-refractivity contribution is 0.146. The second-order valence-electron chi connectivity index (χ2n) is 7.22. The number of anilines is 1. The fourth-order valence-electron chi connectivity index (χ4n) is 3.27. The molecule has 0 spiro atoms. The van der Waals surface area contributed by atoms with Crippen molar-refractivity contribution in [3.05, 3.63) is 64.3 Å². The van der Waals surface area contributed by atoms with Gasteiger partial charge in [-0.15, -0.1) is 0 Å². The summed E-state index contributed by atoms with van der Waals surface area (Å²) in [5.41, 5.74) is 0.390. The molecule has 28 heavy (non-hydrogen) atoms. The number of halogens is 4. The van der Waals surface area contributed by atoms with E-state index < -0.39 is 17.8 Å². The maximum absolute atomic E-state index is 14.3. The normalized spacial score (nSPS) is 17.4. The van der Waals surface area contributed by atoms with E-state index in [9.17, 15) is 13.2 Å². The van der Waals surface area contributed by atoms with Crippen LogP contribution in [0.4, 0.5) is 19.0 Å². The second-order valence-corrected chi connectivity index (χ2v) is 8.01. The molecule has 1 aromatic heterocycles. The standard InChI is InChI=1S/C20H18BrF3N4/c1-11-15(21)17-14(9-28(11)20(2)6-7-20)19(27-10-26-17)25-8-12-4-3-5-13(16(12)22)18(23)24/h3-5,9-10,18H,1,6-8H2,2H3,(H,25,26,27). The van der Waals surface area contributed by atoms with Crippen LogP contribution in [0.3, 0.4) is 0 Å². The third-order valence-corrected chi connectivity index (χ3v) is 6.07. The van der Waals surface area contributed by atoms with Gasteiger partial charge in [-0.25, -0.2) is 23.1 Å². The first-order valence-corrected chi connectivity index (χ1v) is 9.62. The molecular weight excluding hydrogens is 433 g/mol. The first-order valence-electron chi connectivity index (χ1n) is 8.82. The van der Waals surface area contributed by atoms with Crippen molar-refractivity contribution in [1.82, 2.24) is 14.9 Å². The molecule has 4 rings (SSSR count). The molecule has 1 aliphatic carbocycles. The molecule has 0 unspecified atom stereocenters. The zero-order valence-electron chi connectivity index (χ0n) is 15.1. The number of fused-ring (bicyclic) bond motifs is 1. The third kappa shape index (κ3) is 3.19. The molecule has 2 aliphatic rings. The van der Waals surface area contributed by atoms with E-state index in [0.29, 0.717) is 11.2 Å². The largest absolute Gasteiger partial charge is 0.365 e. The molecule has 146 valence electrons. The van der Waals surface area contributed by atoms with E-state index in [-0.39, 0.29) is 17.6 Å². The van der Waals surface area contributed by atoms with Crippen molar-refractivity contribution in [2.24, 2.45) is 0 Å². The van der Waals surface area contributed by atoms with E-state index in [2.05, 4.69) is 49.6 Å². The van der Waals surface area contributed by atoms with E-state index in [1.165, 1.54) is 18.5 Å². The van der Waals surface area contributed by atoms with Crippen molar-refractivity contribution in [2.45, 2.75) is 38.3 Å². The lowest BCUT2D eigenvalue weighted by atomic mass is 10.1. The number of hydrogen-bond acceptors (Lipinski definition) is 4. The summed E-state index contributed by atoms with van der Waals surface area (Å²) in [4.78, 5) is 10.7. The molecule has 0 atom stereocenters. The Labute approximate surface area is 168 Å². The highest BCUT2D eigenvalue weighted by atomic mass is 79.9. The van der Waals surface area contributed by atoms with Crippen LogP contribution in [0.15, 0.2) is 36.8 Å². The van der Waals surface area contributed by atoms with Gasteiger partial charge in [0.1, 0.15) is 18.0 Å². The number of hydrogen-bond donors (Lipinski definition) is 1. The Morgan fingerprint density at radius 1 is 1.32 bits per heavy atom. The van der Waals surface area contributed by atoms with E-state index >= 15 is 0 Å². The van der Waals surface area contributed by atoms with Crippen LogP contribution in [0.1, 0.15) is 37.3 Å². The topological polar surface area (TPSA) is 41.1 Å². The molecule has 2 heterocycles. The quantitative estimate of drug-likeness (QED) is 0.752. The molecule has 1 N–H and O–H groups in total. The highest BCUT2D eigenvalue weighted by molar-refractivity contribution is 9.15. The molecule has 4 nitrogen and oxygen atoms in total. The SMILES string of the molecule is C=C1C(Br)=c2ncnc(NCc3cccc(C(F)F)c3F)c2=CN1C1(C)CC1. The number of benzene rings is 1. The van der Waals surface area contributed by atoms with Gasteiger partial charge in [0.15, 0.2) is 0 Å². The lowest BCUT2D eigenvalue weighted by Crippen LogP contribution is -2.43. The molecule has 0 amide bonds. The van der Waals surface area contributed by atoms with Crippen LogP contribution in [-0.4, -0.2) is 20.4 Å². The van der Waals surface area contributed by atoms with Crippen molar-refractivity contribution < 1.29 is 13.2 Å². The summed E-state index contributed by atoms with van der Waals surface area (Å²) in [7, 11) is 0. The number of allylic oxidation sites excluding steroid dienone is 1. The fourth-order valence-corrected chi connectivity index (χ4v) is 3.78. The van der Waals surface area contributed by atoms with Gasteiger partial charge >= 0.3 is 0 Å². The highest BCUT2D eigenvalue weighted by Gasteiger charge is 2.44. The van der Waals surface area contributed by atoms with Crippen LogP contribution in [0, 0.1) is 5.82 Å². The number of aromatic nitrogens is 2. The number of alkyl halides is 2. The van der Waals surface area contributed by atoms with Crippen LogP contribution in [0.2, 0.25) is 0 Å². The van der Waals surface area contributed by atoms with Gasteiger partial charge in [-0.05, 0) is 35.7 Å². The predicted molar refractivity (Wildman–Crippen MR) is 105 cm³/mol. The van der Waals surface area contributed by atoms with Crippen molar-refractivity contribution in [1.29, 1.82) is 0 Å². The van der Waals surface area contributed by atoms with Crippen molar-refractivity contribution in [3.8, 4) is 0 Å². The first kappa shape index (κ1) is 19.0. The number of rotatable bonds is 5. The van der Waals surface area contributed by atoms with Gasteiger partial charge in [0.25, 0.3) is 6.43 Å². The highest BCUT2D eigenvalue weighted by Crippen LogP contribution is 2.45. The Bertz CT molecular complexity index is 1080. The minimum absolute atomic E-state index is 0.0125. The molecule has 0 bridgehead atoms. The van der Waals surface area contributed by atoms with Gasteiger partial charge in [-0.3, -0.25) is 0 Å². The summed E-state index contributed by atoms with van der Waals surface area (Å²) in [6, 6.07) is 4.00. The van der Waals surface area contributed by atoms with Gasteiger partial charge in [0.05, 0.1) is 26.3 Å². The smallest absolute Gasteiger partial charge is 0.266 e. The zero-order valence-corrected chi connectivity index (χ0v) is 16.7. The van der Waals surface area contributed by atoms with Crippen molar-refractivity contribution >= 4 is 32.4 Å². The van der Waals surface area contributed by atoms with E-state index in [1.54, 1.807) is 0 Å². The Hall–Kier alpha value is -2.35. The molecule has 1 aliphatic heterocycles. The van der Waals surface area contributed by atoms with Crippen LogP contribution in [0.5, 0.6) is 0 Å². The maximum Gasteiger partial charge on any atom is 0.266 e. The molecule has 8 heteroatoms. The molecule has 1 aromatic carbocycles. The van der Waals surface area contributed by atoms with E-state index in [4.69, 9.17) is 0 Å². The molecule has 0 saturated heterocycles.